The highest BCUT2D eigenvalue weighted by molar-refractivity contribution is 7.09. The third-order valence-corrected chi connectivity index (χ3v) is 30.9. The molecule has 10 aromatic heterocycles. The summed E-state index contributed by atoms with van der Waals surface area (Å²) in [6.45, 7) is 13.0. The maximum atomic E-state index is 14.0. The third-order valence-electron chi connectivity index (χ3n) is 28.7. The van der Waals surface area contributed by atoms with Gasteiger partial charge in [-0.2, -0.15) is 30.8 Å². The molecule has 12 aromatic rings. The first-order valence-corrected chi connectivity index (χ1v) is 48.1. The van der Waals surface area contributed by atoms with Crippen LogP contribution in [0.15, 0.2) is 90.4 Å². The number of nitrogens with one attached hydrogen (secondary N) is 10. The van der Waals surface area contributed by atoms with Crippen molar-refractivity contribution in [1.82, 2.24) is 101 Å². The Morgan fingerprint density at radius 3 is 1.20 bits per heavy atom. The van der Waals surface area contributed by atoms with Gasteiger partial charge in [0.15, 0.2) is 0 Å². The lowest BCUT2D eigenvalue weighted by molar-refractivity contribution is -0.148. The predicted molar refractivity (Wildman–Crippen MR) is 495 cm³/mol. The molecule has 4 aliphatic heterocycles. The zero-order valence-electron chi connectivity index (χ0n) is 76.9. The topological polar surface area (TPSA) is 481 Å². The fourth-order valence-corrected chi connectivity index (χ4v) is 22.4. The van der Waals surface area contributed by atoms with E-state index < -0.39 is 129 Å². The van der Waals surface area contributed by atoms with E-state index in [1.807, 2.05) is 26.7 Å². The van der Waals surface area contributed by atoms with Gasteiger partial charge >= 0.3 is 0 Å². The molecule has 8 atom stereocenters. The Morgan fingerprint density at radius 1 is 0.461 bits per heavy atom. The minimum Gasteiger partial charge on any atom is -0.340 e. The van der Waals surface area contributed by atoms with E-state index in [0.29, 0.717) is 176 Å². The van der Waals surface area contributed by atoms with Gasteiger partial charge in [-0.15, -0.1) is 43.1 Å². The van der Waals surface area contributed by atoms with Crippen molar-refractivity contribution in [2.75, 3.05) is 21.3 Å². The smallest absolute Gasteiger partial charge is 0.293 e. The van der Waals surface area contributed by atoms with Crippen LogP contribution in [-0.2, 0) is 73.6 Å². The Balaban J connectivity index is 0.000000115. The number of alkyl halides is 4. The molecule has 0 saturated heterocycles. The van der Waals surface area contributed by atoms with E-state index in [4.69, 9.17) is 11.6 Å². The highest BCUT2D eigenvalue weighted by Gasteiger charge is 2.62. The quantitative estimate of drug-likeness (QED) is 0.0137. The average Bonchev–Trinajstić information content (AvgIpc) is 1.55. The number of halogens is 7. The number of amides is 8. The molecular weight excluding hydrogens is 1890 g/mol. The van der Waals surface area contributed by atoms with Crippen LogP contribution in [0.4, 0.5) is 49.1 Å². The molecule has 23 rings (SSSR count). The molecular formula is C96H91ClF6N24O12S2. The van der Waals surface area contributed by atoms with Crippen LogP contribution in [0.5, 0.6) is 0 Å². The fourth-order valence-electron chi connectivity index (χ4n) is 20.7. The molecule has 2 aromatic carbocycles. The van der Waals surface area contributed by atoms with E-state index in [1.165, 1.54) is 80.2 Å². The molecule has 141 heavy (non-hydrogen) atoms. The summed E-state index contributed by atoms with van der Waals surface area (Å²) in [5, 5.41) is 60.0. The van der Waals surface area contributed by atoms with Crippen molar-refractivity contribution in [2.45, 2.75) is 223 Å². The maximum Gasteiger partial charge on any atom is 0.293 e. The van der Waals surface area contributed by atoms with E-state index in [2.05, 4.69) is 104 Å². The summed E-state index contributed by atoms with van der Waals surface area (Å²) >= 11 is 8.91. The number of aryl methyl sites for hydroxylation is 1. The van der Waals surface area contributed by atoms with E-state index in [-0.39, 0.29) is 74.9 Å². The summed E-state index contributed by atoms with van der Waals surface area (Å²) in [7, 11) is 0. The number of carbonyl (C=O) groups excluding carboxylic acids is 12. The van der Waals surface area contributed by atoms with Crippen LogP contribution in [0.1, 0.15) is 294 Å². The van der Waals surface area contributed by atoms with Gasteiger partial charge in [-0.05, 0) is 239 Å². The molecule has 45 heteroatoms. The number of benzene rings is 2. The second-order valence-electron chi connectivity index (χ2n) is 38.2. The van der Waals surface area contributed by atoms with Gasteiger partial charge in [0.05, 0.1) is 68.2 Å². The first-order valence-electron chi connectivity index (χ1n) is 46.0. The Kier molecular flexibility index (Phi) is 23.7. The van der Waals surface area contributed by atoms with Gasteiger partial charge < -0.3 is 60.8 Å². The van der Waals surface area contributed by atoms with Crippen molar-refractivity contribution >= 4 is 127 Å². The van der Waals surface area contributed by atoms with Crippen molar-refractivity contribution < 1.29 is 83.9 Å². The molecule has 7 aliphatic carbocycles. The average molecular weight is 1990 g/mol. The summed E-state index contributed by atoms with van der Waals surface area (Å²) in [6, 6.07) is 13.9. The van der Waals surface area contributed by atoms with Gasteiger partial charge in [0.25, 0.3) is 76.3 Å². The fraction of sp³-hybridized carbons (Fsp3) is 0.396. The highest BCUT2D eigenvalue weighted by atomic mass is 35.5. The maximum absolute atomic E-state index is 14.0. The van der Waals surface area contributed by atoms with Crippen LogP contribution in [0, 0.1) is 70.9 Å². The molecule has 728 valence electrons. The Hall–Kier alpha value is -14.4. The Bertz CT molecular complexity index is 7250. The minimum atomic E-state index is -3.01. The number of fused-ring (bicyclic) bond motifs is 10. The number of Topliss-reactive ketones (excluding diaryl/α,β-unsaturated/α-hetero) is 4. The second kappa shape index (κ2) is 35.4. The van der Waals surface area contributed by atoms with Gasteiger partial charge in [-0.3, -0.25) is 67.5 Å². The molecule has 2 unspecified atom stereocenters. The molecule has 36 nitrogen and oxygen atoms in total. The largest absolute Gasteiger partial charge is 0.340 e. The molecule has 7 fully saturated rings. The SMILES string of the molecule is Cc1c(C(=O)C(=O)NC2(c3cn[nH]n3)CC(F)(F)C2)c2n(c1C(=O)Nc1ccnc(C(C)F)c1)CCC2.Cc1c(C(=O)C(=O)NC2(c3cn[nH]n3)CC2)c2n(c1C(=O)Nc1ccnc(C(C)F)c1)[C@@H]1C[C@@H]1C2.Cc1c(F)cc(NC(=O)c2c(C)c(C(=O)C(=O)NC3(c4nncs4)CC3)c3n2[C@@H]2C[C@@H]2C3)cc1F.Cc1ccc(NC(=O)c2c(C)c(C(=O)C(=O)NC3(c4nncs4)CC3)c3n2[C@@H]2C[C@@H]2C3)cc1Cl. The first kappa shape index (κ1) is 94.2. The number of aromatic nitrogens is 16. The third kappa shape index (κ3) is 17.2. The van der Waals surface area contributed by atoms with Crippen LogP contribution < -0.4 is 42.5 Å². The second-order valence-corrected chi connectivity index (χ2v) is 40.3. The molecule has 14 heterocycles. The lowest BCUT2D eigenvalue weighted by atomic mass is 9.71. The molecule has 7 saturated carbocycles. The monoisotopic (exact) mass is 1980 g/mol. The van der Waals surface area contributed by atoms with Gasteiger partial charge in [-0.25, -0.2) is 26.3 Å². The lowest BCUT2D eigenvalue weighted by Gasteiger charge is -2.46. The van der Waals surface area contributed by atoms with Gasteiger partial charge in [-0.1, -0.05) is 17.7 Å². The normalized spacial score (nSPS) is 20.2. The Labute approximate surface area is 810 Å². The van der Waals surface area contributed by atoms with Crippen LogP contribution in [-0.4, -0.2) is 156 Å². The van der Waals surface area contributed by atoms with Crippen molar-refractivity contribution in [3.05, 3.63) is 241 Å². The van der Waals surface area contributed by atoms with E-state index in [1.54, 1.807) is 67.7 Å². The summed E-state index contributed by atoms with van der Waals surface area (Å²) in [4.78, 5) is 167. The lowest BCUT2D eigenvalue weighted by Crippen LogP contribution is -2.61. The van der Waals surface area contributed by atoms with Crippen LogP contribution in [0.2, 0.25) is 5.02 Å². The van der Waals surface area contributed by atoms with Crippen LogP contribution in [0.25, 0.3) is 0 Å². The number of anilines is 4. The number of pyridine rings is 2. The number of hydrogen-bond donors (Lipinski definition) is 10. The zero-order valence-corrected chi connectivity index (χ0v) is 79.3. The number of nitrogens with zero attached hydrogens (tertiary/aromatic N) is 14. The molecule has 0 bridgehead atoms. The summed E-state index contributed by atoms with van der Waals surface area (Å²) < 4.78 is 90.4. The van der Waals surface area contributed by atoms with Gasteiger partial charge in [0, 0.05) is 106 Å². The highest BCUT2D eigenvalue weighted by Crippen LogP contribution is 2.59. The van der Waals surface area contributed by atoms with E-state index in [0.717, 1.165) is 61.2 Å². The van der Waals surface area contributed by atoms with Crippen molar-refractivity contribution in [3.8, 4) is 0 Å². The van der Waals surface area contributed by atoms with Crippen molar-refractivity contribution in [3.63, 3.8) is 0 Å². The van der Waals surface area contributed by atoms with Gasteiger partial charge in [0.1, 0.15) is 79.2 Å². The minimum absolute atomic E-state index is 0.0192. The predicted octanol–water partition coefficient (Wildman–Crippen LogP) is 13.4. The summed E-state index contributed by atoms with van der Waals surface area (Å²) in [6.07, 6.45) is 11.6. The number of H-pyrrole nitrogens is 2. The first-order chi connectivity index (χ1) is 67.3. The molecule has 0 spiro atoms. The number of carbonyl (C=O) groups is 12. The molecule has 8 amide bonds. The van der Waals surface area contributed by atoms with Crippen LogP contribution >= 0.6 is 34.3 Å². The number of aromatic amines is 2. The zero-order chi connectivity index (χ0) is 99.4. The molecule has 10 N–H and O–H groups in total. The Morgan fingerprint density at radius 2 is 0.830 bits per heavy atom. The van der Waals surface area contributed by atoms with E-state index in [9.17, 15) is 83.9 Å². The van der Waals surface area contributed by atoms with E-state index >= 15 is 0 Å². The molecule has 0 radical (unpaired) electrons. The van der Waals surface area contributed by atoms with Gasteiger partial charge in [0.2, 0.25) is 0 Å². The summed E-state index contributed by atoms with van der Waals surface area (Å²) in [5.74, 6) is -11.3. The number of rotatable bonds is 26. The van der Waals surface area contributed by atoms with Crippen molar-refractivity contribution in [1.29, 1.82) is 0 Å². The molecule has 11 aliphatic rings. The van der Waals surface area contributed by atoms with Crippen molar-refractivity contribution in [2.24, 2.45) is 17.8 Å². The number of hydrogen-bond acceptors (Lipinski definition) is 24. The standard InChI is InChI=1S/C24H22ClN5O3S.C24H24F3N7O3.C24H21F2N5O3S.C24H24FN7O3/c1-11-3-4-14(9-15(11)25)27-21(32)19-12(2)18(17-8-13-7-16(13)30(17)19)20(31)22(33)28-24(5-6-24)23-29-26-10-34-23;1-12-18(20(35)22(37)31-23(10-24(26,27)11-23)17-9-29-33-32-17)16-4-3-7-34(16)19(12)21(36)30-14-5-6-28-15(8-14)13(2)25;1-10-14(25)7-13(8-15(10)26)28-21(33)19-11(2)18(17-6-12-5-16(12)31(17)19)20(32)22(34)29-24(3-4-24)23-30-27-9-35-23;1-11-19(21(33)23(35)29-24(4-5-24)18-10-27-31-30-18)17-8-13-7-16(13)32(17)20(11)22(34)28-14-3-6-26-15(9-14)12(2)25/h3-4,9-10,13,16H,5-8H2,1-2H3,(H,27,32)(H,28,33);5-6,8-9,13H,3-4,7,10-11H2,1-2H3,(H,31,37)(H,28,30,36)(H,29,32,33);7-9,12,16H,3-6H2,1-2H3,(H,28,33)(H,29,34);3,6,9-10,12-13,16H,4-5,7-8H2,1-2H3,(H,29,35)(H,26,28,34)(H,27,30,31)/t13-,16-;;12-,16-;12?,13-,16-/m1.11/s1. The number of ketones is 4. The van der Waals surface area contributed by atoms with Crippen LogP contribution in [0.3, 0.4) is 0 Å². The summed E-state index contributed by atoms with van der Waals surface area (Å²) in [5.41, 5.74) is 9.54.